The van der Waals surface area contributed by atoms with Crippen molar-refractivity contribution in [1.29, 1.82) is 0 Å². The molecule has 0 saturated carbocycles. The van der Waals surface area contributed by atoms with Crippen LogP contribution >= 0.6 is 0 Å². The lowest BCUT2D eigenvalue weighted by atomic mass is 10.5. The number of nitrogens with zero attached hydrogens (tertiary/aromatic N) is 2. The lowest BCUT2D eigenvalue weighted by Crippen LogP contribution is -2.28. The molecule has 2 heteroatoms. The Labute approximate surface area is 62.1 Å². The predicted octanol–water partition coefficient (Wildman–Crippen LogP) is 1.21. The van der Waals surface area contributed by atoms with Gasteiger partial charge in [0.1, 0.15) is 12.4 Å². The minimum absolute atomic E-state index is 1.07. The molecule has 0 N–H and O–H groups in total. The van der Waals surface area contributed by atoms with Crippen molar-refractivity contribution in [3.8, 4) is 0 Å². The molecular weight excluding hydrogens is 124 g/mol. The summed E-state index contributed by atoms with van der Waals surface area (Å²) >= 11 is 0. The molecule has 0 saturated heterocycles. The van der Waals surface area contributed by atoms with Gasteiger partial charge in [-0.15, -0.1) is 0 Å². The monoisotopic (exact) mass is 139 g/mol. The summed E-state index contributed by atoms with van der Waals surface area (Å²) in [4.78, 5) is 0. The second-order valence-electron chi connectivity index (χ2n) is 2.48. The Morgan fingerprint density at radius 2 is 2.20 bits per heavy atom. The van der Waals surface area contributed by atoms with Crippen molar-refractivity contribution in [1.82, 2.24) is 4.57 Å². The molecule has 0 spiro atoms. The number of hydrogen-bond donors (Lipinski definition) is 0. The van der Waals surface area contributed by atoms with Crippen LogP contribution in [0.3, 0.4) is 0 Å². The predicted molar refractivity (Wildman–Crippen MR) is 40.6 cm³/mol. The van der Waals surface area contributed by atoms with Crippen molar-refractivity contribution in [3.63, 3.8) is 0 Å². The fraction of sp³-hybridized carbons (Fsp3) is 0.625. The lowest BCUT2D eigenvalue weighted by molar-refractivity contribution is -0.693. The van der Waals surface area contributed by atoms with Gasteiger partial charge < -0.3 is 0 Å². The molecule has 56 valence electrons. The van der Waals surface area contributed by atoms with E-state index in [1.165, 1.54) is 6.42 Å². The van der Waals surface area contributed by atoms with Crippen LogP contribution in [0.5, 0.6) is 0 Å². The quantitative estimate of drug-likeness (QED) is 0.556. The summed E-state index contributed by atoms with van der Waals surface area (Å²) < 4.78 is 4.39. The van der Waals surface area contributed by atoms with Gasteiger partial charge in [-0.25, -0.2) is 9.13 Å². The van der Waals surface area contributed by atoms with Crippen LogP contribution in [0.4, 0.5) is 0 Å². The first-order valence-electron chi connectivity index (χ1n) is 3.91. The Hall–Kier alpha value is -0.790. The normalized spacial score (nSPS) is 10.2. The van der Waals surface area contributed by atoms with Crippen molar-refractivity contribution >= 4 is 0 Å². The van der Waals surface area contributed by atoms with Crippen LogP contribution in [0.2, 0.25) is 0 Å². The molecule has 1 heterocycles. The Balaban J connectivity index is 2.59. The third-order valence-corrected chi connectivity index (χ3v) is 1.59. The number of rotatable bonds is 3. The maximum absolute atomic E-state index is 2.21. The SMILES string of the molecule is CCCn1cc[n+](CC)c1. The van der Waals surface area contributed by atoms with E-state index in [1.807, 2.05) is 0 Å². The van der Waals surface area contributed by atoms with Crippen molar-refractivity contribution < 1.29 is 4.57 Å². The molecule has 0 amide bonds. The summed E-state index contributed by atoms with van der Waals surface area (Å²) in [5.41, 5.74) is 0. The van der Waals surface area contributed by atoms with Crippen molar-refractivity contribution in [2.75, 3.05) is 0 Å². The summed E-state index contributed by atoms with van der Waals surface area (Å²) in [6.45, 7) is 6.54. The fourth-order valence-corrected chi connectivity index (χ4v) is 1.02. The summed E-state index contributed by atoms with van der Waals surface area (Å²) in [5.74, 6) is 0. The molecule has 0 aromatic carbocycles. The van der Waals surface area contributed by atoms with Crippen molar-refractivity contribution in [2.24, 2.45) is 0 Å². The molecule has 0 atom stereocenters. The highest BCUT2D eigenvalue weighted by Gasteiger charge is 1.97. The zero-order valence-electron chi connectivity index (χ0n) is 6.75. The zero-order chi connectivity index (χ0) is 7.40. The van der Waals surface area contributed by atoms with Crippen LogP contribution in [0.1, 0.15) is 20.3 Å². The molecule has 0 radical (unpaired) electrons. The van der Waals surface area contributed by atoms with Crippen LogP contribution in [0.15, 0.2) is 18.7 Å². The summed E-state index contributed by atoms with van der Waals surface area (Å²) in [6.07, 6.45) is 7.57. The Kier molecular flexibility index (Phi) is 2.49. The highest BCUT2D eigenvalue weighted by atomic mass is 15.1. The fourth-order valence-electron chi connectivity index (χ4n) is 1.02. The molecule has 1 rings (SSSR count). The first kappa shape index (κ1) is 7.32. The summed E-state index contributed by atoms with van der Waals surface area (Å²) in [5, 5.41) is 0. The molecule has 0 fully saturated rings. The summed E-state index contributed by atoms with van der Waals surface area (Å²) in [7, 11) is 0. The van der Waals surface area contributed by atoms with Crippen LogP contribution in [0.25, 0.3) is 0 Å². The van der Waals surface area contributed by atoms with Gasteiger partial charge >= 0.3 is 0 Å². The van der Waals surface area contributed by atoms with E-state index in [1.54, 1.807) is 0 Å². The molecule has 2 nitrogen and oxygen atoms in total. The van der Waals surface area contributed by atoms with E-state index in [0.29, 0.717) is 0 Å². The Morgan fingerprint density at radius 1 is 1.40 bits per heavy atom. The first-order valence-corrected chi connectivity index (χ1v) is 3.91. The molecular formula is C8H15N2+. The molecule has 0 aliphatic carbocycles. The second kappa shape index (κ2) is 3.40. The van der Waals surface area contributed by atoms with E-state index >= 15 is 0 Å². The van der Waals surface area contributed by atoms with Gasteiger partial charge in [-0.1, -0.05) is 6.92 Å². The minimum Gasteiger partial charge on any atom is -0.237 e. The van der Waals surface area contributed by atoms with Gasteiger partial charge in [0.05, 0.1) is 13.1 Å². The zero-order valence-corrected chi connectivity index (χ0v) is 6.75. The van der Waals surface area contributed by atoms with E-state index in [2.05, 4.69) is 41.7 Å². The Morgan fingerprint density at radius 3 is 2.70 bits per heavy atom. The van der Waals surface area contributed by atoms with Crippen molar-refractivity contribution in [3.05, 3.63) is 18.7 Å². The first-order chi connectivity index (χ1) is 4.86. The van der Waals surface area contributed by atoms with E-state index in [9.17, 15) is 0 Å². The van der Waals surface area contributed by atoms with E-state index < -0.39 is 0 Å². The van der Waals surface area contributed by atoms with Crippen molar-refractivity contribution in [2.45, 2.75) is 33.4 Å². The highest BCUT2D eigenvalue weighted by Crippen LogP contribution is 1.86. The molecule has 0 aliphatic heterocycles. The second-order valence-corrected chi connectivity index (χ2v) is 2.48. The van der Waals surface area contributed by atoms with Gasteiger partial charge in [0, 0.05) is 0 Å². The maximum atomic E-state index is 2.21. The average molecular weight is 139 g/mol. The van der Waals surface area contributed by atoms with Crippen LogP contribution in [-0.2, 0) is 13.1 Å². The van der Waals surface area contributed by atoms with Gasteiger partial charge in [-0.3, -0.25) is 0 Å². The van der Waals surface area contributed by atoms with Gasteiger partial charge in [0.2, 0.25) is 6.33 Å². The lowest BCUT2D eigenvalue weighted by Gasteiger charge is -1.88. The molecule has 1 aromatic rings. The van der Waals surface area contributed by atoms with Gasteiger partial charge in [-0.2, -0.15) is 0 Å². The molecule has 0 aliphatic rings. The molecule has 1 aromatic heterocycles. The van der Waals surface area contributed by atoms with Crippen LogP contribution in [-0.4, -0.2) is 4.57 Å². The van der Waals surface area contributed by atoms with Gasteiger partial charge in [-0.05, 0) is 13.3 Å². The van der Waals surface area contributed by atoms with Gasteiger partial charge in [0.25, 0.3) is 0 Å². The van der Waals surface area contributed by atoms with E-state index in [-0.39, 0.29) is 0 Å². The molecule has 0 unspecified atom stereocenters. The van der Waals surface area contributed by atoms with E-state index in [4.69, 9.17) is 0 Å². The molecule has 10 heavy (non-hydrogen) atoms. The number of aryl methyl sites for hydroxylation is 2. The number of aromatic nitrogens is 2. The average Bonchev–Trinajstić information content (AvgIpc) is 2.37. The molecule has 0 bridgehead atoms. The van der Waals surface area contributed by atoms with Crippen LogP contribution in [0, 0.1) is 0 Å². The third kappa shape index (κ3) is 1.59. The number of hydrogen-bond acceptors (Lipinski definition) is 0. The highest BCUT2D eigenvalue weighted by molar-refractivity contribution is 4.65. The van der Waals surface area contributed by atoms with E-state index in [0.717, 1.165) is 13.1 Å². The van der Waals surface area contributed by atoms with Gasteiger partial charge in [0.15, 0.2) is 0 Å². The maximum Gasteiger partial charge on any atom is 0.243 e. The number of imidazole rings is 1. The summed E-state index contributed by atoms with van der Waals surface area (Å²) in [6, 6.07) is 0. The standard InChI is InChI=1S/C8H15N2/c1-3-5-10-7-6-9(4-2)8-10/h6-8H,3-5H2,1-2H3/q+1. The van der Waals surface area contributed by atoms with Crippen LogP contribution < -0.4 is 4.57 Å². The topological polar surface area (TPSA) is 8.81 Å². The Bertz CT molecular complexity index is 191. The largest absolute Gasteiger partial charge is 0.243 e. The minimum atomic E-state index is 1.07. The third-order valence-electron chi connectivity index (χ3n) is 1.59. The smallest absolute Gasteiger partial charge is 0.237 e.